The molecule has 1 unspecified atom stereocenters. The molecule has 0 saturated carbocycles. The zero-order valence-electron chi connectivity index (χ0n) is 11.8. The molecule has 5 heteroatoms. The van der Waals surface area contributed by atoms with Gasteiger partial charge in [-0.1, -0.05) is 0 Å². The number of carbonyl (C=O) groups is 1. The van der Waals surface area contributed by atoms with Gasteiger partial charge in [-0.15, -0.1) is 0 Å². The summed E-state index contributed by atoms with van der Waals surface area (Å²) < 4.78 is 5.10. The summed E-state index contributed by atoms with van der Waals surface area (Å²) >= 11 is 1.93. The summed E-state index contributed by atoms with van der Waals surface area (Å²) in [6.07, 6.45) is 2.37. The predicted octanol–water partition coefficient (Wildman–Crippen LogP) is 1.48. The molecule has 1 fully saturated rings. The van der Waals surface area contributed by atoms with E-state index in [1.807, 2.05) is 30.5 Å². The highest BCUT2D eigenvalue weighted by atomic mass is 32.2. The third-order valence-corrected chi connectivity index (χ3v) is 4.33. The summed E-state index contributed by atoms with van der Waals surface area (Å²) in [5, 5.41) is 0. The Kier molecular flexibility index (Phi) is 6.46. The average Bonchev–Trinajstić information content (AvgIpc) is 2.79. The van der Waals surface area contributed by atoms with Crippen LogP contribution in [-0.4, -0.2) is 54.2 Å². The Bertz CT molecular complexity index is 260. The standard InChI is InChI=1S/C13H26N2O2S/c1-13(2,14)6-4-12(16)15(7-8-17-3)11-5-9-18-10-11/h11H,4-10,14H2,1-3H3. The fraction of sp³-hybridized carbons (Fsp3) is 0.923. The molecule has 106 valence electrons. The second kappa shape index (κ2) is 7.36. The van der Waals surface area contributed by atoms with Crippen LogP contribution in [0.3, 0.4) is 0 Å². The minimum absolute atomic E-state index is 0.220. The van der Waals surface area contributed by atoms with Crippen molar-refractivity contribution >= 4 is 17.7 Å². The third kappa shape index (κ3) is 5.59. The van der Waals surface area contributed by atoms with Crippen LogP contribution < -0.4 is 5.73 Å². The molecule has 4 nitrogen and oxygen atoms in total. The van der Waals surface area contributed by atoms with Gasteiger partial charge in [0.1, 0.15) is 0 Å². The van der Waals surface area contributed by atoms with Crippen molar-refractivity contribution in [2.75, 3.05) is 31.8 Å². The van der Waals surface area contributed by atoms with Crippen molar-refractivity contribution in [2.24, 2.45) is 5.73 Å². The molecule has 18 heavy (non-hydrogen) atoms. The summed E-state index contributed by atoms with van der Waals surface area (Å²) in [6, 6.07) is 0.388. The minimum atomic E-state index is -0.271. The summed E-state index contributed by atoms with van der Waals surface area (Å²) in [6.45, 7) is 5.24. The Labute approximate surface area is 115 Å². The van der Waals surface area contributed by atoms with Crippen LogP contribution in [0.2, 0.25) is 0 Å². The zero-order chi connectivity index (χ0) is 13.6. The zero-order valence-corrected chi connectivity index (χ0v) is 12.6. The Hall–Kier alpha value is -0.260. The summed E-state index contributed by atoms with van der Waals surface area (Å²) in [5.74, 6) is 2.43. The first kappa shape index (κ1) is 15.8. The Morgan fingerprint density at radius 2 is 2.28 bits per heavy atom. The fourth-order valence-corrected chi connectivity index (χ4v) is 3.27. The van der Waals surface area contributed by atoms with E-state index < -0.39 is 0 Å². The third-order valence-electron chi connectivity index (χ3n) is 3.19. The number of nitrogens with zero attached hydrogens (tertiary/aromatic N) is 1. The lowest BCUT2D eigenvalue weighted by molar-refractivity contribution is -0.134. The number of rotatable bonds is 7. The SMILES string of the molecule is COCCN(C(=O)CCC(C)(C)N)C1CCSC1. The van der Waals surface area contributed by atoms with Crippen molar-refractivity contribution in [3.8, 4) is 0 Å². The van der Waals surface area contributed by atoms with Crippen LogP contribution in [-0.2, 0) is 9.53 Å². The Balaban J connectivity index is 2.49. The molecule has 1 heterocycles. The highest BCUT2D eigenvalue weighted by molar-refractivity contribution is 7.99. The van der Waals surface area contributed by atoms with E-state index in [1.165, 1.54) is 0 Å². The maximum atomic E-state index is 12.3. The van der Waals surface area contributed by atoms with Gasteiger partial charge in [-0.2, -0.15) is 11.8 Å². The van der Waals surface area contributed by atoms with E-state index in [0.29, 0.717) is 25.6 Å². The predicted molar refractivity (Wildman–Crippen MR) is 76.8 cm³/mol. The number of hydrogen-bond donors (Lipinski definition) is 1. The molecule has 1 saturated heterocycles. The normalized spacial score (nSPS) is 20.1. The van der Waals surface area contributed by atoms with Gasteiger partial charge in [-0.25, -0.2) is 0 Å². The first-order valence-electron chi connectivity index (χ1n) is 6.59. The van der Waals surface area contributed by atoms with Gasteiger partial charge < -0.3 is 15.4 Å². The minimum Gasteiger partial charge on any atom is -0.383 e. The molecule has 1 atom stereocenters. The van der Waals surface area contributed by atoms with Gasteiger partial charge in [-0.3, -0.25) is 4.79 Å². The Morgan fingerprint density at radius 3 is 2.78 bits per heavy atom. The molecule has 0 radical (unpaired) electrons. The van der Waals surface area contributed by atoms with Crippen LogP contribution in [0, 0.1) is 0 Å². The molecule has 1 aliphatic rings. The number of nitrogens with two attached hydrogens (primary N) is 1. The first-order valence-corrected chi connectivity index (χ1v) is 7.74. The van der Waals surface area contributed by atoms with Gasteiger partial charge in [0, 0.05) is 37.4 Å². The van der Waals surface area contributed by atoms with Gasteiger partial charge in [0.05, 0.1) is 6.61 Å². The molecule has 2 N–H and O–H groups in total. The highest BCUT2D eigenvalue weighted by Gasteiger charge is 2.27. The van der Waals surface area contributed by atoms with Crippen molar-refractivity contribution < 1.29 is 9.53 Å². The second-order valence-corrected chi connectivity index (χ2v) is 6.74. The molecular weight excluding hydrogens is 248 g/mol. The topological polar surface area (TPSA) is 55.6 Å². The Morgan fingerprint density at radius 1 is 1.56 bits per heavy atom. The van der Waals surface area contributed by atoms with Crippen molar-refractivity contribution in [1.82, 2.24) is 4.90 Å². The van der Waals surface area contributed by atoms with Gasteiger partial charge in [0.15, 0.2) is 0 Å². The lowest BCUT2D eigenvalue weighted by Gasteiger charge is -2.29. The van der Waals surface area contributed by atoms with E-state index in [9.17, 15) is 4.79 Å². The molecule has 0 aromatic heterocycles. The molecule has 0 spiro atoms. The quantitative estimate of drug-likeness (QED) is 0.764. The molecule has 1 rings (SSSR count). The molecule has 0 aliphatic carbocycles. The van der Waals surface area contributed by atoms with Crippen molar-refractivity contribution in [2.45, 2.75) is 44.7 Å². The number of thioether (sulfide) groups is 1. The van der Waals surface area contributed by atoms with E-state index in [0.717, 1.165) is 24.3 Å². The molecule has 0 bridgehead atoms. The second-order valence-electron chi connectivity index (χ2n) is 5.59. The van der Waals surface area contributed by atoms with Crippen LogP contribution in [0.15, 0.2) is 0 Å². The van der Waals surface area contributed by atoms with Crippen molar-refractivity contribution in [3.05, 3.63) is 0 Å². The largest absolute Gasteiger partial charge is 0.383 e. The van der Waals surface area contributed by atoms with E-state index in [1.54, 1.807) is 7.11 Å². The van der Waals surface area contributed by atoms with Crippen LogP contribution in [0.5, 0.6) is 0 Å². The average molecular weight is 274 g/mol. The maximum Gasteiger partial charge on any atom is 0.222 e. The van der Waals surface area contributed by atoms with Gasteiger partial charge in [0.25, 0.3) is 0 Å². The van der Waals surface area contributed by atoms with Crippen LogP contribution in [0.4, 0.5) is 0 Å². The van der Waals surface area contributed by atoms with Crippen LogP contribution in [0.25, 0.3) is 0 Å². The number of ether oxygens (including phenoxy) is 1. The number of carbonyl (C=O) groups excluding carboxylic acids is 1. The lowest BCUT2D eigenvalue weighted by Crippen LogP contribution is -2.43. The lowest BCUT2D eigenvalue weighted by atomic mass is 9.99. The van der Waals surface area contributed by atoms with Crippen molar-refractivity contribution in [1.29, 1.82) is 0 Å². The number of methoxy groups -OCH3 is 1. The summed E-state index contributed by atoms with van der Waals surface area (Å²) in [5.41, 5.74) is 5.67. The van der Waals surface area contributed by atoms with E-state index in [2.05, 4.69) is 0 Å². The van der Waals surface area contributed by atoms with Gasteiger partial charge >= 0.3 is 0 Å². The molecular formula is C13H26N2O2S. The van der Waals surface area contributed by atoms with Crippen LogP contribution in [0.1, 0.15) is 33.1 Å². The molecule has 1 aliphatic heterocycles. The van der Waals surface area contributed by atoms with Crippen LogP contribution >= 0.6 is 11.8 Å². The highest BCUT2D eigenvalue weighted by Crippen LogP contribution is 2.23. The summed E-state index contributed by atoms with van der Waals surface area (Å²) in [7, 11) is 1.68. The number of amides is 1. The van der Waals surface area contributed by atoms with E-state index in [4.69, 9.17) is 10.5 Å². The fourth-order valence-electron chi connectivity index (χ4n) is 2.04. The van der Waals surface area contributed by atoms with E-state index in [-0.39, 0.29) is 11.4 Å². The molecule has 0 aromatic carbocycles. The maximum absolute atomic E-state index is 12.3. The molecule has 1 amide bonds. The number of hydrogen-bond acceptors (Lipinski definition) is 4. The smallest absolute Gasteiger partial charge is 0.222 e. The first-order chi connectivity index (χ1) is 8.44. The van der Waals surface area contributed by atoms with Crippen molar-refractivity contribution in [3.63, 3.8) is 0 Å². The molecule has 0 aromatic rings. The summed E-state index contributed by atoms with van der Waals surface area (Å²) in [4.78, 5) is 14.3. The van der Waals surface area contributed by atoms with Gasteiger partial charge in [-0.05, 0) is 32.4 Å². The van der Waals surface area contributed by atoms with Gasteiger partial charge in [0.2, 0.25) is 5.91 Å². The van der Waals surface area contributed by atoms with E-state index >= 15 is 0 Å². The monoisotopic (exact) mass is 274 g/mol.